The van der Waals surface area contributed by atoms with E-state index in [9.17, 15) is 26.4 Å². The SMILES string of the molecule is CC(C)CN[C@@H](C)c1ccc2c(c1)CCC[C@H]2NC(=O)C[C@H](C)NS(=O)(=O)c1cccc(C(F)(F)F)c1. The number of carbonyl (C=O) groups excluding carboxylic acids is 1. The average Bonchev–Trinajstić information content (AvgIpc) is 2.81. The van der Waals surface area contributed by atoms with Crippen molar-refractivity contribution >= 4 is 15.9 Å². The molecule has 6 nitrogen and oxygen atoms in total. The van der Waals surface area contributed by atoms with Crippen LogP contribution in [0.15, 0.2) is 47.4 Å². The molecule has 1 amide bonds. The van der Waals surface area contributed by atoms with Gasteiger partial charge in [0.1, 0.15) is 0 Å². The van der Waals surface area contributed by atoms with E-state index in [0.29, 0.717) is 12.0 Å². The van der Waals surface area contributed by atoms with Crippen LogP contribution in [0, 0.1) is 5.92 Å². The molecule has 2 aromatic rings. The maximum atomic E-state index is 13.0. The summed E-state index contributed by atoms with van der Waals surface area (Å²) in [5, 5.41) is 6.54. The maximum absolute atomic E-state index is 13.0. The van der Waals surface area contributed by atoms with Crippen molar-refractivity contribution in [1.82, 2.24) is 15.4 Å². The molecule has 0 aliphatic heterocycles. The van der Waals surface area contributed by atoms with Crippen molar-refractivity contribution in [2.45, 2.75) is 82.6 Å². The number of benzene rings is 2. The van der Waals surface area contributed by atoms with Gasteiger partial charge in [-0.3, -0.25) is 4.79 Å². The summed E-state index contributed by atoms with van der Waals surface area (Å²) in [7, 11) is -4.23. The molecule has 0 aromatic heterocycles. The summed E-state index contributed by atoms with van der Waals surface area (Å²) in [6, 6.07) is 9.10. The molecule has 0 bridgehead atoms. The minimum Gasteiger partial charge on any atom is -0.349 e. The van der Waals surface area contributed by atoms with Crippen LogP contribution in [0.5, 0.6) is 0 Å². The van der Waals surface area contributed by atoms with Crippen LogP contribution in [-0.2, 0) is 27.4 Å². The zero-order valence-electron chi connectivity index (χ0n) is 21.7. The number of rotatable bonds is 10. The van der Waals surface area contributed by atoms with Gasteiger partial charge >= 0.3 is 6.18 Å². The summed E-state index contributed by atoms with van der Waals surface area (Å²) in [5.41, 5.74) is 2.41. The highest BCUT2D eigenvalue weighted by atomic mass is 32.2. The van der Waals surface area contributed by atoms with E-state index in [1.807, 2.05) is 0 Å². The lowest BCUT2D eigenvalue weighted by atomic mass is 9.85. The van der Waals surface area contributed by atoms with Crippen LogP contribution in [0.2, 0.25) is 0 Å². The van der Waals surface area contributed by atoms with E-state index < -0.39 is 32.7 Å². The average molecular weight is 540 g/mol. The number of aryl methyl sites for hydroxylation is 1. The number of fused-ring (bicyclic) bond motifs is 1. The molecule has 2 aromatic carbocycles. The maximum Gasteiger partial charge on any atom is 0.416 e. The van der Waals surface area contributed by atoms with Gasteiger partial charge in [0.15, 0.2) is 0 Å². The van der Waals surface area contributed by atoms with E-state index in [2.05, 4.69) is 54.3 Å². The van der Waals surface area contributed by atoms with Gasteiger partial charge in [0, 0.05) is 18.5 Å². The quantitative estimate of drug-likeness (QED) is 0.384. The van der Waals surface area contributed by atoms with Crippen molar-refractivity contribution in [2.75, 3.05) is 6.54 Å². The Hall–Kier alpha value is -2.43. The predicted molar refractivity (Wildman–Crippen MR) is 137 cm³/mol. The first kappa shape index (κ1) is 29.1. The third-order valence-electron chi connectivity index (χ3n) is 6.47. The molecule has 37 heavy (non-hydrogen) atoms. The summed E-state index contributed by atoms with van der Waals surface area (Å²) >= 11 is 0. The van der Waals surface area contributed by atoms with Gasteiger partial charge in [-0.1, -0.05) is 38.1 Å². The van der Waals surface area contributed by atoms with Gasteiger partial charge in [0.25, 0.3) is 0 Å². The monoisotopic (exact) mass is 539 g/mol. The molecule has 1 aliphatic rings. The van der Waals surface area contributed by atoms with E-state index in [1.54, 1.807) is 0 Å². The summed E-state index contributed by atoms with van der Waals surface area (Å²) < 4.78 is 66.5. The number of sulfonamides is 1. The zero-order chi connectivity index (χ0) is 27.4. The van der Waals surface area contributed by atoms with Gasteiger partial charge in [-0.15, -0.1) is 0 Å². The number of nitrogens with one attached hydrogen (secondary N) is 3. The molecule has 10 heteroatoms. The smallest absolute Gasteiger partial charge is 0.349 e. The van der Waals surface area contributed by atoms with Gasteiger partial charge in [0.05, 0.1) is 16.5 Å². The first-order chi connectivity index (χ1) is 17.3. The molecule has 0 fully saturated rings. The van der Waals surface area contributed by atoms with Crippen molar-refractivity contribution in [3.05, 3.63) is 64.7 Å². The fourth-order valence-corrected chi connectivity index (χ4v) is 5.82. The lowest BCUT2D eigenvalue weighted by Gasteiger charge is -2.28. The second-order valence-corrected chi connectivity index (χ2v) is 12.0. The number of carbonyl (C=O) groups is 1. The van der Waals surface area contributed by atoms with Gasteiger partial charge in [-0.2, -0.15) is 13.2 Å². The van der Waals surface area contributed by atoms with E-state index in [1.165, 1.54) is 18.1 Å². The Kier molecular flexibility index (Phi) is 9.42. The lowest BCUT2D eigenvalue weighted by molar-refractivity contribution is -0.137. The van der Waals surface area contributed by atoms with Gasteiger partial charge in [-0.25, -0.2) is 13.1 Å². The zero-order valence-corrected chi connectivity index (χ0v) is 22.5. The van der Waals surface area contributed by atoms with Crippen molar-refractivity contribution in [1.29, 1.82) is 0 Å². The van der Waals surface area contributed by atoms with Crippen LogP contribution in [0.3, 0.4) is 0 Å². The molecular weight excluding hydrogens is 503 g/mol. The molecule has 1 aliphatic carbocycles. The number of amides is 1. The van der Waals surface area contributed by atoms with Crippen molar-refractivity contribution < 1.29 is 26.4 Å². The number of halogens is 3. The minimum absolute atomic E-state index is 0.141. The summed E-state index contributed by atoms with van der Waals surface area (Å²) in [5.74, 6) is 0.227. The first-order valence-electron chi connectivity index (χ1n) is 12.6. The second-order valence-electron chi connectivity index (χ2n) is 10.2. The Morgan fingerprint density at radius 1 is 1.08 bits per heavy atom. The first-order valence-corrected chi connectivity index (χ1v) is 14.1. The van der Waals surface area contributed by atoms with E-state index in [4.69, 9.17) is 0 Å². The fourth-order valence-electron chi connectivity index (χ4n) is 4.53. The van der Waals surface area contributed by atoms with Crippen LogP contribution < -0.4 is 15.4 Å². The van der Waals surface area contributed by atoms with Gasteiger partial charge in [0.2, 0.25) is 15.9 Å². The third-order valence-corrected chi connectivity index (χ3v) is 8.06. The summed E-state index contributed by atoms with van der Waals surface area (Å²) in [6.45, 7) is 8.89. The summed E-state index contributed by atoms with van der Waals surface area (Å²) in [6.07, 6.45) is -2.16. The second kappa shape index (κ2) is 12.0. The number of hydrogen-bond donors (Lipinski definition) is 3. The molecule has 0 saturated carbocycles. The number of alkyl halides is 3. The summed E-state index contributed by atoms with van der Waals surface area (Å²) in [4.78, 5) is 12.3. The fraction of sp³-hybridized carbons (Fsp3) is 0.519. The van der Waals surface area contributed by atoms with Crippen LogP contribution in [-0.4, -0.2) is 26.9 Å². The lowest BCUT2D eigenvalue weighted by Crippen LogP contribution is -2.39. The Bertz CT molecular complexity index is 1200. The molecule has 3 N–H and O–H groups in total. The molecule has 3 rings (SSSR count). The minimum atomic E-state index is -4.66. The molecule has 0 radical (unpaired) electrons. The predicted octanol–water partition coefficient (Wildman–Crippen LogP) is 5.26. The Morgan fingerprint density at radius 3 is 2.49 bits per heavy atom. The van der Waals surface area contributed by atoms with E-state index >= 15 is 0 Å². The van der Waals surface area contributed by atoms with E-state index in [0.717, 1.165) is 49.6 Å². The largest absolute Gasteiger partial charge is 0.416 e. The van der Waals surface area contributed by atoms with Gasteiger partial charge in [-0.05, 0) is 80.5 Å². The van der Waals surface area contributed by atoms with Gasteiger partial charge < -0.3 is 10.6 Å². The highest BCUT2D eigenvalue weighted by Gasteiger charge is 2.32. The third kappa shape index (κ3) is 8.02. The molecule has 204 valence electrons. The standard InChI is InChI=1S/C27H36F3N3O3S/c1-17(2)16-31-19(4)20-11-12-24-21(14-20)7-5-10-25(24)32-26(34)13-18(3)33-37(35,36)23-9-6-8-22(15-23)27(28,29)30/h6,8-9,11-12,14-15,17-19,25,31,33H,5,7,10,13,16H2,1-4H3,(H,32,34)/t18-,19-,25+/m0/s1. The van der Waals surface area contributed by atoms with Crippen molar-refractivity contribution in [3.63, 3.8) is 0 Å². The Balaban J connectivity index is 1.62. The van der Waals surface area contributed by atoms with E-state index in [-0.39, 0.29) is 24.4 Å². The topological polar surface area (TPSA) is 87.3 Å². The van der Waals surface area contributed by atoms with Crippen molar-refractivity contribution in [2.24, 2.45) is 5.92 Å². The van der Waals surface area contributed by atoms with Crippen LogP contribution in [0.4, 0.5) is 13.2 Å². The highest BCUT2D eigenvalue weighted by Crippen LogP contribution is 2.32. The molecule has 0 spiro atoms. The van der Waals surface area contributed by atoms with Crippen molar-refractivity contribution in [3.8, 4) is 0 Å². The highest BCUT2D eigenvalue weighted by molar-refractivity contribution is 7.89. The Labute approximate surface area is 217 Å². The molecule has 3 atom stereocenters. The number of hydrogen-bond acceptors (Lipinski definition) is 4. The van der Waals surface area contributed by atoms with Crippen LogP contribution in [0.25, 0.3) is 0 Å². The molecule has 0 heterocycles. The normalized spacial score (nSPS) is 17.8. The molecule has 0 unspecified atom stereocenters. The van der Waals surface area contributed by atoms with Crippen LogP contribution in [0.1, 0.15) is 81.3 Å². The Morgan fingerprint density at radius 2 is 1.81 bits per heavy atom. The molecule has 0 saturated heterocycles. The molecular formula is C27H36F3N3O3S. The van der Waals surface area contributed by atoms with Crippen LogP contribution >= 0.6 is 0 Å².